The maximum atomic E-state index is 11.8. The van der Waals surface area contributed by atoms with Crippen LogP contribution in [0.15, 0.2) is 12.1 Å². The van der Waals surface area contributed by atoms with Gasteiger partial charge in [-0.2, -0.15) is 0 Å². The first-order valence-electron chi connectivity index (χ1n) is 6.45. The van der Waals surface area contributed by atoms with Crippen LogP contribution in [-0.4, -0.2) is 26.1 Å². The van der Waals surface area contributed by atoms with Crippen molar-refractivity contribution < 1.29 is 9.53 Å². The summed E-state index contributed by atoms with van der Waals surface area (Å²) in [6, 6.07) is 3.53. The molecule has 2 rings (SSSR count). The van der Waals surface area contributed by atoms with E-state index in [0.29, 0.717) is 23.0 Å². The number of benzene rings is 1. The summed E-state index contributed by atoms with van der Waals surface area (Å²) >= 11 is 6.02. The van der Waals surface area contributed by atoms with Gasteiger partial charge in [0.2, 0.25) is 5.91 Å². The van der Waals surface area contributed by atoms with Gasteiger partial charge in [-0.3, -0.25) is 4.79 Å². The summed E-state index contributed by atoms with van der Waals surface area (Å²) in [5.74, 6) is 1.27. The molecule has 2 N–H and O–H groups in total. The second-order valence-corrected chi connectivity index (χ2v) is 5.33. The Balaban J connectivity index is 0.00000200. The van der Waals surface area contributed by atoms with Gasteiger partial charge in [0.1, 0.15) is 5.75 Å². The molecule has 1 fully saturated rings. The second kappa shape index (κ2) is 7.72. The lowest BCUT2D eigenvalue weighted by atomic mass is 10.2. The third-order valence-corrected chi connectivity index (χ3v) is 3.58. The molecule has 4 nitrogen and oxygen atoms in total. The summed E-state index contributed by atoms with van der Waals surface area (Å²) in [5.41, 5.74) is 1.56. The summed E-state index contributed by atoms with van der Waals surface area (Å²) in [6.45, 7) is 3.13. The molecule has 1 aliphatic rings. The number of halogens is 2. The van der Waals surface area contributed by atoms with E-state index in [-0.39, 0.29) is 18.3 Å². The van der Waals surface area contributed by atoms with Gasteiger partial charge in [-0.15, -0.1) is 12.4 Å². The maximum Gasteiger partial charge on any atom is 0.238 e. The number of aryl methyl sites for hydroxylation is 1. The van der Waals surface area contributed by atoms with E-state index in [2.05, 4.69) is 10.6 Å². The molecule has 1 amide bonds. The summed E-state index contributed by atoms with van der Waals surface area (Å²) in [5, 5.41) is 6.62. The molecule has 1 aliphatic carbocycles. The van der Waals surface area contributed by atoms with Crippen LogP contribution in [0.25, 0.3) is 0 Å². The van der Waals surface area contributed by atoms with Crippen LogP contribution in [0.5, 0.6) is 5.75 Å². The van der Waals surface area contributed by atoms with Crippen molar-refractivity contribution >= 4 is 35.6 Å². The molecule has 1 aromatic carbocycles. The molecule has 0 atom stereocenters. The highest BCUT2D eigenvalue weighted by Crippen LogP contribution is 2.31. The highest BCUT2D eigenvalue weighted by atomic mass is 35.5. The van der Waals surface area contributed by atoms with Gasteiger partial charge in [0, 0.05) is 11.1 Å². The molecule has 112 valence electrons. The summed E-state index contributed by atoms with van der Waals surface area (Å²) in [7, 11) is 1.56. The quantitative estimate of drug-likeness (QED) is 0.847. The van der Waals surface area contributed by atoms with Gasteiger partial charge < -0.3 is 15.4 Å². The standard InChI is InChI=1S/C14H19ClN2O2.ClH/c1-9-5-12(13(19-2)6-11(9)15)17-14(18)8-16-7-10-3-4-10;/h5-6,10,16H,3-4,7-8H2,1-2H3,(H,17,18);1H. The number of methoxy groups -OCH3 is 1. The van der Waals surface area contributed by atoms with E-state index >= 15 is 0 Å². The average molecular weight is 319 g/mol. The topological polar surface area (TPSA) is 50.4 Å². The van der Waals surface area contributed by atoms with Gasteiger partial charge in [-0.25, -0.2) is 0 Å². The van der Waals surface area contributed by atoms with Crippen LogP contribution in [0.4, 0.5) is 5.69 Å². The number of anilines is 1. The predicted molar refractivity (Wildman–Crippen MR) is 84.2 cm³/mol. The van der Waals surface area contributed by atoms with Gasteiger partial charge in [-0.05, 0) is 43.9 Å². The van der Waals surface area contributed by atoms with Crippen LogP contribution in [-0.2, 0) is 4.79 Å². The van der Waals surface area contributed by atoms with Crippen LogP contribution < -0.4 is 15.4 Å². The average Bonchev–Trinajstić information content (AvgIpc) is 3.17. The Kier molecular flexibility index (Phi) is 6.59. The molecule has 6 heteroatoms. The Morgan fingerprint density at radius 1 is 1.45 bits per heavy atom. The van der Waals surface area contributed by atoms with Crippen molar-refractivity contribution in [2.75, 3.05) is 25.5 Å². The third kappa shape index (κ3) is 4.85. The Hall–Kier alpha value is -0.970. The van der Waals surface area contributed by atoms with Crippen LogP contribution >= 0.6 is 24.0 Å². The first kappa shape index (κ1) is 17.1. The van der Waals surface area contributed by atoms with E-state index in [4.69, 9.17) is 16.3 Å². The Bertz CT molecular complexity index is 476. The Morgan fingerprint density at radius 3 is 2.75 bits per heavy atom. The van der Waals surface area contributed by atoms with Gasteiger partial charge in [-0.1, -0.05) is 11.6 Å². The highest BCUT2D eigenvalue weighted by molar-refractivity contribution is 6.31. The Labute approximate surface area is 130 Å². The molecule has 1 aromatic rings. The van der Waals surface area contributed by atoms with Gasteiger partial charge in [0.25, 0.3) is 0 Å². The summed E-state index contributed by atoms with van der Waals surface area (Å²) < 4.78 is 5.22. The van der Waals surface area contributed by atoms with Crippen LogP contribution in [0.2, 0.25) is 5.02 Å². The van der Waals surface area contributed by atoms with Crippen molar-refractivity contribution in [2.24, 2.45) is 5.92 Å². The summed E-state index contributed by atoms with van der Waals surface area (Å²) in [4.78, 5) is 11.8. The minimum absolute atomic E-state index is 0. The second-order valence-electron chi connectivity index (χ2n) is 4.92. The number of ether oxygens (including phenoxy) is 1. The van der Waals surface area contributed by atoms with Crippen LogP contribution in [0, 0.1) is 12.8 Å². The Morgan fingerprint density at radius 2 is 2.15 bits per heavy atom. The minimum atomic E-state index is -0.0688. The largest absolute Gasteiger partial charge is 0.495 e. The van der Waals surface area contributed by atoms with Crippen molar-refractivity contribution in [3.05, 3.63) is 22.7 Å². The maximum absolute atomic E-state index is 11.8. The number of rotatable bonds is 6. The van der Waals surface area contributed by atoms with E-state index < -0.39 is 0 Å². The number of hydrogen-bond acceptors (Lipinski definition) is 3. The monoisotopic (exact) mass is 318 g/mol. The van der Waals surface area contributed by atoms with Crippen molar-refractivity contribution in [2.45, 2.75) is 19.8 Å². The van der Waals surface area contributed by atoms with Crippen LogP contribution in [0.3, 0.4) is 0 Å². The zero-order valence-electron chi connectivity index (χ0n) is 11.7. The molecular weight excluding hydrogens is 299 g/mol. The molecule has 0 aliphatic heterocycles. The molecule has 0 unspecified atom stereocenters. The van der Waals surface area contributed by atoms with E-state index in [0.717, 1.165) is 18.0 Å². The van der Waals surface area contributed by atoms with Gasteiger partial charge in [0.15, 0.2) is 0 Å². The van der Waals surface area contributed by atoms with E-state index in [1.807, 2.05) is 13.0 Å². The molecular formula is C14H20Cl2N2O2. The fourth-order valence-corrected chi connectivity index (χ4v) is 1.99. The lowest BCUT2D eigenvalue weighted by molar-refractivity contribution is -0.115. The lowest BCUT2D eigenvalue weighted by Crippen LogP contribution is -2.29. The zero-order valence-corrected chi connectivity index (χ0v) is 13.2. The first-order chi connectivity index (χ1) is 9.10. The minimum Gasteiger partial charge on any atom is -0.495 e. The van der Waals surface area contributed by atoms with Crippen molar-refractivity contribution in [1.29, 1.82) is 0 Å². The number of nitrogens with one attached hydrogen (secondary N) is 2. The van der Waals surface area contributed by atoms with Gasteiger partial charge >= 0.3 is 0 Å². The smallest absolute Gasteiger partial charge is 0.238 e. The predicted octanol–water partition coefficient (Wildman–Crippen LogP) is 3.02. The fraction of sp³-hybridized carbons (Fsp3) is 0.500. The molecule has 20 heavy (non-hydrogen) atoms. The zero-order chi connectivity index (χ0) is 13.8. The fourth-order valence-electron chi connectivity index (χ4n) is 1.84. The molecule has 1 saturated carbocycles. The normalized spacial score (nSPS) is 13.6. The number of hydrogen-bond donors (Lipinski definition) is 2. The van der Waals surface area contributed by atoms with Gasteiger partial charge in [0.05, 0.1) is 19.3 Å². The highest BCUT2D eigenvalue weighted by Gasteiger charge is 2.20. The number of amides is 1. The van der Waals surface area contributed by atoms with Crippen LogP contribution in [0.1, 0.15) is 18.4 Å². The number of carbonyl (C=O) groups excluding carboxylic acids is 1. The number of carbonyl (C=O) groups is 1. The molecule has 0 spiro atoms. The molecule has 0 aromatic heterocycles. The van der Waals surface area contributed by atoms with Crippen molar-refractivity contribution in [1.82, 2.24) is 5.32 Å². The third-order valence-electron chi connectivity index (χ3n) is 3.17. The lowest BCUT2D eigenvalue weighted by Gasteiger charge is -2.12. The first-order valence-corrected chi connectivity index (χ1v) is 6.82. The molecule has 0 bridgehead atoms. The molecule has 0 heterocycles. The molecule has 0 saturated heterocycles. The van der Waals surface area contributed by atoms with Crippen molar-refractivity contribution in [3.8, 4) is 5.75 Å². The van der Waals surface area contributed by atoms with Crippen molar-refractivity contribution in [3.63, 3.8) is 0 Å². The van der Waals surface area contributed by atoms with E-state index in [9.17, 15) is 4.79 Å². The SMILES string of the molecule is COc1cc(Cl)c(C)cc1NC(=O)CNCC1CC1.Cl. The van der Waals surface area contributed by atoms with E-state index in [1.165, 1.54) is 12.8 Å². The van der Waals surface area contributed by atoms with E-state index in [1.54, 1.807) is 13.2 Å². The summed E-state index contributed by atoms with van der Waals surface area (Å²) in [6.07, 6.45) is 2.55. The molecule has 0 radical (unpaired) electrons.